The van der Waals surface area contributed by atoms with Gasteiger partial charge in [-0.25, -0.2) is 13.1 Å². The summed E-state index contributed by atoms with van der Waals surface area (Å²) in [5.74, 6) is 0.340. The monoisotopic (exact) mass is 300 g/mol. The number of phenolic OH excluding ortho intramolecular Hbond substituents is 1. The van der Waals surface area contributed by atoms with E-state index in [2.05, 4.69) is 18.6 Å². The predicted octanol–water partition coefficient (Wildman–Crippen LogP) is 1.65. The van der Waals surface area contributed by atoms with Gasteiger partial charge in [0.25, 0.3) is 0 Å². The molecule has 114 valence electrons. The minimum Gasteiger partial charge on any atom is -0.508 e. The van der Waals surface area contributed by atoms with E-state index in [-0.39, 0.29) is 16.7 Å². The van der Waals surface area contributed by atoms with E-state index in [1.807, 2.05) is 19.0 Å². The summed E-state index contributed by atoms with van der Waals surface area (Å²) in [4.78, 5) is 2.04. The van der Waals surface area contributed by atoms with Gasteiger partial charge in [0.15, 0.2) is 0 Å². The molecule has 0 spiro atoms. The summed E-state index contributed by atoms with van der Waals surface area (Å²) in [6.45, 7) is 4.76. The number of aromatic hydroxyl groups is 1. The SMILES string of the molecule is CC(C)CC(CN(C)C)NS(=O)(=O)c1cccc(O)c1. The number of sulfonamides is 1. The Bertz CT molecular complexity index is 517. The number of likely N-dealkylation sites (N-methyl/N-ethyl adjacent to an activating group) is 1. The molecule has 5 nitrogen and oxygen atoms in total. The largest absolute Gasteiger partial charge is 0.508 e. The second-order valence-electron chi connectivity index (χ2n) is 5.71. The highest BCUT2D eigenvalue weighted by Crippen LogP contribution is 2.17. The molecule has 0 aliphatic heterocycles. The van der Waals surface area contributed by atoms with Gasteiger partial charge >= 0.3 is 0 Å². The van der Waals surface area contributed by atoms with Crippen molar-refractivity contribution in [1.29, 1.82) is 0 Å². The van der Waals surface area contributed by atoms with E-state index < -0.39 is 10.0 Å². The first kappa shape index (κ1) is 16.9. The van der Waals surface area contributed by atoms with E-state index in [0.717, 1.165) is 6.42 Å². The third-order valence-electron chi connectivity index (χ3n) is 2.79. The van der Waals surface area contributed by atoms with Crippen molar-refractivity contribution >= 4 is 10.0 Å². The molecule has 0 radical (unpaired) electrons. The van der Waals surface area contributed by atoms with Gasteiger partial charge in [-0.3, -0.25) is 0 Å². The minimum atomic E-state index is -3.61. The number of benzene rings is 1. The van der Waals surface area contributed by atoms with Crippen LogP contribution in [-0.4, -0.2) is 45.1 Å². The fraction of sp³-hybridized carbons (Fsp3) is 0.571. The van der Waals surface area contributed by atoms with Crippen molar-refractivity contribution in [1.82, 2.24) is 9.62 Å². The molecule has 1 unspecified atom stereocenters. The number of rotatable bonds is 7. The molecule has 1 rings (SSSR count). The first-order valence-electron chi connectivity index (χ1n) is 6.67. The van der Waals surface area contributed by atoms with Crippen molar-refractivity contribution in [2.75, 3.05) is 20.6 Å². The van der Waals surface area contributed by atoms with Gasteiger partial charge in [-0.1, -0.05) is 19.9 Å². The molecule has 0 aromatic heterocycles. The molecule has 0 fully saturated rings. The summed E-state index contributed by atoms with van der Waals surface area (Å²) in [6.07, 6.45) is 0.760. The van der Waals surface area contributed by atoms with Crippen LogP contribution in [0.15, 0.2) is 29.2 Å². The molecule has 0 bridgehead atoms. The zero-order valence-corrected chi connectivity index (χ0v) is 13.3. The second kappa shape index (κ2) is 7.06. The van der Waals surface area contributed by atoms with Crippen LogP contribution in [-0.2, 0) is 10.0 Å². The van der Waals surface area contributed by atoms with Crippen LogP contribution in [0.2, 0.25) is 0 Å². The van der Waals surface area contributed by atoms with E-state index in [9.17, 15) is 13.5 Å². The number of nitrogens with zero attached hydrogens (tertiary/aromatic N) is 1. The van der Waals surface area contributed by atoms with Gasteiger partial charge in [-0.05, 0) is 44.6 Å². The Morgan fingerprint density at radius 1 is 1.30 bits per heavy atom. The fourth-order valence-corrected chi connectivity index (χ4v) is 3.39. The van der Waals surface area contributed by atoms with Crippen LogP contribution < -0.4 is 4.72 Å². The zero-order valence-electron chi connectivity index (χ0n) is 12.5. The van der Waals surface area contributed by atoms with Gasteiger partial charge in [-0.15, -0.1) is 0 Å². The van der Waals surface area contributed by atoms with Crippen molar-refractivity contribution in [3.05, 3.63) is 24.3 Å². The van der Waals surface area contributed by atoms with Crippen LogP contribution in [0.4, 0.5) is 0 Å². The molecule has 6 heteroatoms. The Hall–Kier alpha value is -1.11. The molecule has 0 amide bonds. The normalized spacial score (nSPS) is 13.9. The first-order chi connectivity index (χ1) is 9.20. The molecule has 0 aliphatic rings. The van der Waals surface area contributed by atoms with Gasteiger partial charge < -0.3 is 10.0 Å². The summed E-state index contributed by atoms with van der Waals surface area (Å²) < 4.78 is 27.4. The van der Waals surface area contributed by atoms with Gasteiger partial charge in [-0.2, -0.15) is 0 Å². The Kier molecular flexibility index (Phi) is 5.98. The average Bonchev–Trinajstić information content (AvgIpc) is 2.26. The lowest BCUT2D eigenvalue weighted by Gasteiger charge is -2.23. The quantitative estimate of drug-likeness (QED) is 0.803. The molecule has 0 saturated carbocycles. The predicted molar refractivity (Wildman–Crippen MR) is 80.2 cm³/mol. The third-order valence-corrected chi connectivity index (χ3v) is 4.31. The van der Waals surface area contributed by atoms with E-state index in [0.29, 0.717) is 12.5 Å². The summed E-state index contributed by atoms with van der Waals surface area (Å²) >= 11 is 0. The maximum atomic E-state index is 12.3. The standard InChI is InChI=1S/C14H24N2O3S/c1-11(2)8-12(10-16(3)4)15-20(18,19)14-7-5-6-13(17)9-14/h5-7,9,11-12,15,17H,8,10H2,1-4H3. The molecule has 0 saturated heterocycles. The van der Waals surface area contributed by atoms with Crippen molar-refractivity contribution in [3.8, 4) is 5.75 Å². The second-order valence-corrected chi connectivity index (χ2v) is 7.42. The molecular formula is C14H24N2O3S. The molecule has 2 N–H and O–H groups in total. The Balaban J connectivity index is 2.90. The number of hydrogen-bond donors (Lipinski definition) is 2. The van der Waals surface area contributed by atoms with E-state index >= 15 is 0 Å². The van der Waals surface area contributed by atoms with E-state index in [1.165, 1.54) is 24.3 Å². The summed E-state index contributed by atoms with van der Waals surface area (Å²) in [6, 6.07) is 5.55. The van der Waals surface area contributed by atoms with Crippen molar-refractivity contribution in [3.63, 3.8) is 0 Å². The van der Waals surface area contributed by atoms with E-state index in [4.69, 9.17) is 0 Å². The fourth-order valence-electron chi connectivity index (χ4n) is 2.11. The third kappa shape index (κ3) is 5.48. The topological polar surface area (TPSA) is 69.6 Å². The van der Waals surface area contributed by atoms with E-state index in [1.54, 1.807) is 0 Å². The average molecular weight is 300 g/mol. The first-order valence-corrected chi connectivity index (χ1v) is 8.15. The van der Waals surface area contributed by atoms with Crippen molar-refractivity contribution < 1.29 is 13.5 Å². The van der Waals surface area contributed by atoms with Crippen molar-refractivity contribution in [2.24, 2.45) is 5.92 Å². The van der Waals surface area contributed by atoms with Gasteiger partial charge in [0.1, 0.15) is 5.75 Å². The molecule has 1 aromatic carbocycles. The molecule has 1 aromatic rings. The highest BCUT2D eigenvalue weighted by Gasteiger charge is 2.21. The Morgan fingerprint density at radius 3 is 2.45 bits per heavy atom. The lowest BCUT2D eigenvalue weighted by atomic mass is 10.0. The van der Waals surface area contributed by atoms with Crippen LogP contribution in [0.25, 0.3) is 0 Å². The lowest BCUT2D eigenvalue weighted by Crippen LogP contribution is -2.42. The molecule has 0 heterocycles. The van der Waals surface area contributed by atoms with Crippen LogP contribution in [0.5, 0.6) is 5.75 Å². The molecule has 20 heavy (non-hydrogen) atoms. The van der Waals surface area contributed by atoms with Crippen LogP contribution in [0.1, 0.15) is 20.3 Å². The Labute approximate surface area is 121 Å². The number of nitrogens with one attached hydrogen (secondary N) is 1. The summed E-state index contributed by atoms with van der Waals surface area (Å²) in [5, 5.41) is 9.40. The van der Waals surface area contributed by atoms with Gasteiger partial charge in [0.05, 0.1) is 4.90 Å². The van der Waals surface area contributed by atoms with Gasteiger partial charge in [0, 0.05) is 12.6 Å². The molecule has 0 aliphatic carbocycles. The van der Waals surface area contributed by atoms with Gasteiger partial charge in [0.2, 0.25) is 10.0 Å². The van der Waals surface area contributed by atoms with Crippen LogP contribution in [0.3, 0.4) is 0 Å². The highest BCUT2D eigenvalue weighted by molar-refractivity contribution is 7.89. The maximum absolute atomic E-state index is 12.3. The number of hydrogen-bond acceptors (Lipinski definition) is 4. The zero-order chi connectivity index (χ0) is 15.3. The Morgan fingerprint density at radius 2 is 1.95 bits per heavy atom. The maximum Gasteiger partial charge on any atom is 0.240 e. The smallest absolute Gasteiger partial charge is 0.240 e. The number of phenols is 1. The van der Waals surface area contributed by atoms with Crippen molar-refractivity contribution in [2.45, 2.75) is 31.2 Å². The summed E-state index contributed by atoms with van der Waals surface area (Å²) in [7, 11) is 0.215. The lowest BCUT2D eigenvalue weighted by molar-refractivity contribution is 0.329. The molecule has 1 atom stereocenters. The summed E-state index contributed by atoms with van der Waals surface area (Å²) in [5.41, 5.74) is 0. The molecular weight excluding hydrogens is 276 g/mol. The minimum absolute atomic E-state index is 0.0547. The van der Waals surface area contributed by atoms with Crippen LogP contribution >= 0.6 is 0 Å². The van der Waals surface area contributed by atoms with Crippen LogP contribution in [0, 0.1) is 5.92 Å². The highest BCUT2D eigenvalue weighted by atomic mass is 32.2.